The number of carbonyl (C=O) groups excluding carboxylic acids is 1. The molecule has 7 nitrogen and oxygen atoms in total. The molecular weight excluding hydrogens is 320 g/mol. The smallest absolute Gasteiger partial charge is 0.297 e. The number of aromatic nitrogens is 2. The maximum atomic E-state index is 12.7. The highest BCUT2D eigenvalue weighted by atomic mass is 16.3. The summed E-state index contributed by atoms with van der Waals surface area (Å²) in [5.41, 5.74) is 1.05. The number of hydrogen-bond acceptors (Lipinski definition) is 5. The Labute approximate surface area is 144 Å². The standard InChI is InChI=1S/C18H20N4O3/c1-2-20-7-9-21(10-8-20)15(23)11-22-12-19-16-13-5-3-4-6-14(13)25-17(16)18(22)24/h3-6,12H,2,7-11H2,1H3. The van der Waals surface area contributed by atoms with Crippen LogP contribution in [0.2, 0.25) is 0 Å². The van der Waals surface area contributed by atoms with Crippen LogP contribution in [-0.4, -0.2) is 58.0 Å². The molecule has 1 amide bonds. The molecule has 0 saturated carbocycles. The molecule has 0 bridgehead atoms. The Morgan fingerprint density at radius 1 is 1.20 bits per heavy atom. The van der Waals surface area contributed by atoms with Crippen molar-refractivity contribution >= 4 is 28.0 Å². The van der Waals surface area contributed by atoms with Crippen LogP contribution in [0.5, 0.6) is 0 Å². The highest BCUT2D eigenvalue weighted by molar-refractivity contribution is 6.01. The van der Waals surface area contributed by atoms with Gasteiger partial charge in [-0.1, -0.05) is 19.1 Å². The summed E-state index contributed by atoms with van der Waals surface area (Å²) in [4.78, 5) is 33.6. The van der Waals surface area contributed by atoms with Gasteiger partial charge in [0.25, 0.3) is 5.56 Å². The number of hydrogen-bond donors (Lipinski definition) is 0. The monoisotopic (exact) mass is 340 g/mol. The number of para-hydroxylation sites is 1. The van der Waals surface area contributed by atoms with Crippen molar-refractivity contribution in [2.24, 2.45) is 0 Å². The quantitative estimate of drug-likeness (QED) is 0.719. The summed E-state index contributed by atoms with van der Waals surface area (Å²) < 4.78 is 6.98. The van der Waals surface area contributed by atoms with Gasteiger partial charge in [0.15, 0.2) is 0 Å². The average Bonchev–Trinajstić information content (AvgIpc) is 3.03. The fourth-order valence-electron chi connectivity index (χ4n) is 3.29. The maximum absolute atomic E-state index is 12.7. The van der Waals surface area contributed by atoms with Crippen molar-refractivity contribution in [1.29, 1.82) is 0 Å². The molecule has 3 aromatic rings. The van der Waals surface area contributed by atoms with Crippen LogP contribution < -0.4 is 5.56 Å². The number of benzene rings is 1. The van der Waals surface area contributed by atoms with E-state index in [1.54, 1.807) is 11.0 Å². The summed E-state index contributed by atoms with van der Waals surface area (Å²) >= 11 is 0. The lowest BCUT2D eigenvalue weighted by molar-refractivity contribution is -0.133. The largest absolute Gasteiger partial charge is 0.448 e. The van der Waals surface area contributed by atoms with Crippen LogP contribution in [0.15, 0.2) is 39.8 Å². The second-order valence-corrected chi connectivity index (χ2v) is 6.27. The van der Waals surface area contributed by atoms with Gasteiger partial charge in [0.05, 0.1) is 6.33 Å². The van der Waals surface area contributed by atoms with Crippen LogP contribution in [0.1, 0.15) is 6.92 Å². The van der Waals surface area contributed by atoms with Crippen molar-refractivity contribution in [2.45, 2.75) is 13.5 Å². The van der Waals surface area contributed by atoms with E-state index in [1.165, 1.54) is 10.9 Å². The van der Waals surface area contributed by atoms with Gasteiger partial charge >= 0.3 is 0 Å². The molecule has 0 atom stereocenters. The van der Waals surface area contributed by atoms with Crippen molar-refractivity contribution in [3.05, 3.63) is 40.9 Å². The first kappa shape index (κ1) is 15.8. The minimum atomic E-state index is -0.318. The number of piperazine rings is 1. The Balaban J connectivity index is 1.59. The Bertz CT molecular complexity index is 983. The van der Waals surface area contributed by atoms with E-state index in [0.717, 1.165) is 25.0 Å². The normalized spacial score (nSPS) is 16.0. The van der Waals surface area contributed by atoms with Crippen molar-refractivity contribution in [1.82, 2.24) is 19.4 Å². The molecule has 0 radical (unpaired) electrons. The zero-order valence-electron chi connectivity index (χ0n) is 14.1. The van der Waals surface area contributed by atoms with Gasteiger partial charge < -0.3 is 14.2 Å². The van der Waals surface area contributed by atoms with Gasteiger partial charge in [-0.2, -0.15) is 0 Å². The number of carbonyl (C=O) groups is 1. The van der Waals surface area contributed by atoms with E-state index in [4.69, 9.17) is 4.42 Å². The van der Waals surface area contributed by atoms with Crippen molar-refractivity contribution in [3.8, 4) is 0 Å². The SMILES string of the molecule is CCN1CCN(C(=O)Cn2cnc3c(oc4ccccc43)c2=O)CC1. The third kappa shape index (κ3) is 2.80. The summed E-state index contributed by atoms with van der Waals surface area (Å²) in [6.07, 6.45) is 1.44. The summed E-state index contributed by atoms with van der Waals surface area (Å²) in [6.45, 7) is 6.24. The number of furan rings is 1. The van der Waals surface area contributed by atoms with Crippen LogP contribution >= 0.6 is 0 Å². The van der Waals surface area contributed by atoms with Gasteiger partial charge in [0, 0.05) is 31.6 Å². The van der Waals surface area contributed by atoms with E-state index in [1.807, 2.05) is 18.2 Å². The van der Waals surface area contributed by atoms with Crippen LogP contribution in [0.4, 0.5) is 0 Å². The fraction of sp³-hybridized carbons (Fsp3) is 0.389. The summed E-state index contributed by atoms with van der Waals surface area (Å²) in [5.74, 6) is -0.0601. The summed E-state index contributed by atoms with van der Waals surface area (Å²) in [5, 5.41) is 0.809. The summed E-state index contributed by atoms with van der Waals surface area (Å²) in [7, 11) is 0. The van der Waals surface area contributed by atoms with Gasteiger partial charge in [-0.15, -0.1) is 0 Å². The predicted octanol–water partition coefficient (Wildman–Crippen LogP) is 1.31. The number of fused-ring (bicyclic) bond motifs is 3. The van der Waals surface area contributed by atoms with Crippen molar-refractivity contribution < 1.29 is 9.21 Å². The number of likely N-dealkylation sites (N-methyl/N-ethyl adjacent to an activating group) is 1. The van der Waals surface area contributed by atoms with Crippen LogP contribution in [-0.2, 0) is 11.3 Å². The third-order valence-electron chi connectivity index (χ3n) is 4.83. The Morgan fingerprint density at radius 3 is 2.72 bits per heavy atom. The molecule has 0 aliphatic carbocycles. The summed E-state index contributed by atoms with van der Waals surface area (Å²) in [6, 6.07) is 7.40. The molecule has 0 spiro atoms. The molecule has 25 heavy (non-hydrogen) atoms. The maximum Gasteiger partial charge on any atom is 0.297 e. The first-order chi connectivity index (χ1) is 12.2. The number of rotatable bonds is 3. The first-order valence-corrected chi connectivity index (χ1v) is 8.54. The average molecular weight is 340 g/mol. The third-order valence-corrected chi connectivity index (χ3v) is 4.83. The molecule has 2 aromatic heterocycles. The van der Waals surface area contributed by atoms with E-state index < -0.39 is 0 Å². The van der Waals surface area contributed by atoms with E-state index in [0.29, 0.717) is 24.2 Å². The van der Waals surface area contributed by atoms with E-state index in [2.05, 4.69) is 16.8 Å². The van der Waals surface area contributed by atoms with Gasteiger partial charge in [-0.25, -0.2) is 4.98 Å². The Kier molecular flexibility index (Phi) is 4.01. The van der Waals surface area contributed by atoms with Gasteiger partial charge in [0.2, 0.25) is 11.5 Å². The van der Waals surface area contributed by atoms with Gasteiger partial charge in [-0.05, 0) is 18.7 Å². The van der Waals surface area contributed by atoms with Crippen molar-refractivity contribution in [3.63, 3.8) is 0 Å². The molecule has 1 aromatic carbocycles. The predicted molar refractivity (Wildman–Crippen MR) is 94.5 cm³/mol. The molecule has 130 valence electrons. The van der Waals surface area contributed by atoms with E-state index in [9.17, 15) is 9.59 Å². The fourth-order valence-corrected chi connectivity index (χ4v) is 3.29. The molecule has 3 heterocycles. The molecule has 1 aliphatic heterocycles. The van der Waals surface area contributed by atoms with E-state index in [-0.39, 0.29) is 23.6 Å². The van der Waals surface area contributed by atoms with Gasteiger partial charge in [0.1, 0.15) is 17.6 Å². The molecule has 7 heteroatoms. The van der Waals surface area contributed by atoms with Crippen molar-refractivity contribution in [2.75, 3.05) is 32.7 Å². The molecule has 1 aliphatic rings. The number of amides is 1. The minimum Gasteiger partial charge on any atom is -0.448 e. The lowest BCUT2D eigenvalue weighted by Gasteiger charge is -2.34. The van der Waals surface area contributed by atoms with E-state index >= 15 is 0 Å². The van der Waals surface area contributed by atoms with Crippen LogP contribution in [0.25, 0.3) is 22.1 Å². The van der Waals surface area contributed by atoms with Crippen LogP contribution in [0.3, 0.4) is 0 Å². The highest BCUT2D eigenvalue weighted by Gasteiger charge is 2.21. The first-order valence-electron chi connectivity index (χ1n) is 8.54. The zero-order chi connectivity index (χ0) is 17.4. The molecule has 4 rings (SSSR count). The highest BCUT2D eigenvalue weighted by Crippen LogP contribution is 2.24. The molecular formula is C18H20N4O3. The zero-order valence-corrected chi connectivity index (χ0v) is 14.1. The molecule has 0 N–H and O–H groups in total. The Hall–Kier alpha value is -2.67. The topological polar surface area (TPSA) is 71.6 Å². The van der Waals surface area contributed by atoms with Gasteiger partial charge in [-0.3, -0.25) is 14.2 Å². The van der Waals surface area contributed by atoms with Crippen LogP contribution in [0, 0.1) is 0 Å². The lowest BCUT2D eigenvalue weighted by atomic mass is 10.2. The second-order valence-electron chi connectivity index (χ2n) is 6.27. The minimum absolute atomic E-state index is 0.00898. The molecule has 1 saturated heterocycles. The number of nitrogens with zero attached hydrogens (tertiary/aromatic N) is 4. The molecule has 1 fully saturated rings. The molecule has 0 unspecified atom stereocenters. The lowest BCUT2D eigenvalue weighted by Crippen LogP contribution is -2.49. The second kappa shape index (κ2) is 6.33. The Morgan fingerprint density at radius 2 is 1.96 bits per heavy atom.